The van der Waals surface area contributed by atoms with Crippen molar-refractivity contribution in [2.45, 2.75) is 24.7 Å². The highest BCUT2D eigenvalue weighted by atomic mass is 16.4. The van der Waals surface area contributed by atoms with Crippen LogP contribution in [0, 0.1) is 0 Å². The summed E-state index contributed by atoms with van der Waals surface area (Å²) in [5.74, 6) is -1.60. The predicted octanol–water partition coefficient (Wildman–Crippen LogP) is 3.04. The summed E-state index contributed by atoms with van der Waals surface area (Å²) >= 11 is 0. The van der Waals surface area contributed by atoms with Gasteiger partial charge in [-0.1, -0.05) is 48.5 Å². The molecule has 3 heteroatoms. The van der Waals surface area contributed by atoms with Gasteiger partial charge in [0.05, 0.1) is 11.8 Å². The van der Waals surface area contributed by atoms with E-state index in [1.54, 1.807) is 0 Å². The molecule has 2 aromatic rings. The van der Waals surface area contributed by atoms with E-state index in [9.17, 15) is 14.7 Å². The highest BCUT2D eigenvalue weighted by Crippen LogP contribution is 2.35. The highest BCUT2D eigenvalue weighted by molar-refractivity contribution is 5.78. The molecule has 0 saturated carbocycles. The number of fused-ring (bicyclic) bond motifs is 1. The molecule has 1 N–H and O–H groups in total. The van der Waals surface area contributed by atoms with Gasteiger partial charge in [-0.15, -0.1) is 0 Å². The molecule has 3 rings (SSSR count). The van der Waals surface area contributed by atoms with Gasteiger partial charge in [0, 0.05) is 0 Å². The Labute approximate surface area is 123 Å². The lowest BCUT2D eigenvalue weighted by molar-refractivity contribution is -0.138. The average Bonchev–Trinajstić information content (AvgIpc) is 2.92. The third-order valence-electron chi connectivity index (χ3n) is 4.13. The summed E-state index contributed by atoms with van der Waals surface area (Å²) in [6.45, 7) is 0. The molecule has 1 radical (unpaired) electrons. The van der Waals surface area contributed by atoms with Crippen molar-refractivity contribution < 1.29 is 14.7 Å². The first kappa shape index (κ1) is 13.6. The predicted molar refractivity (Wildman–Crippen MR) is 79.1 cm³/mol. The van der Waals surface area contributed by atoms with Crippen LogP contribution in [0.2, 0.25) is 0 Å². The summed E-state index contributed by atoms with van der Waals surface area (Å²) in [5, 5.41) is 9.20. The summed E-state index contributed by atoms with van der Waals surface area (Å²) < 4.78 is 0. The summed E-state index contributed by atoms with van der Waals surface area (Å²) in [6.07, 6.45) is 3.48. The molecule has 0 heterocycles. The van der Waals surface area contributed by atoms with Crippen LogP contribution in [0.5, 0.6) is 0 Å². The number of rotatable bonds is 4. The molecule has 2 aromatic carbocycles. The fraction of sp³-hybridized carbons (Fsp3) is 0.222. The molecule has 0 aliphatic heterocycles. The zero-order valence-electron chi connectivity index (χ0n) is 11.5. The van der Waals surface area contributed by atoms with Crippen LogP contribution in [-0.4, -0.2) is 17.4 Å². The third-order valence-corrected chi connectivity index (χ3v) is 4.13. The number of aryl methyl sites for hydroxylation is 1. The first-order chi connectivity index (χ1) is 10.2. The van der Waals surface area contributed by atoms with Crippen molar-refractivity contribution in [3.05, 3.63) is 70.8 Å². The molecular formula is C18H15O3. The number of carbonyl (C=O) groups excluding carboxylic acids is 1. The number of aliphatic carboxylic acids is 1. The largest absolute Gasteiger partial charge is 0.481 e. The fourth-order valence-electron chi connectivity index (χ4n) is 3.05. The molecule has 0 amide bonds. The van der Waals surface area contributed by atoms with E-state index in [0.29, 0.717) is 6.42 Å². The molecule has 1 aliphatic rings. The maximum Gasteiger partial charge on any atom is 0.310 e. The summed E-state index contributed by atoms with van der Waals surface area (Å²) in [4.78, 5) is 22.6. The van der Waals surface area contributed by atoms with Crippen LogP contribution in [0.3, 0.4) is 0 Å². The van der Waals surface area contributed by atoms with E-state index in [-0.39, 0.29) is 0 Å². The Kier molecular flexibility index (Phi) is 3.57. The molecule has 21 heavy (non-hydrogen) atoms. The fourth-order valence-corrected chi connectivity index (χ4v) is 3.05. The van der Waals surface area contributed by atoms with Gasteiger partial charge >= 0.3 is 5.97 Å². The molecule has 3 nitrogen and oxygen atoms in total. The second-order valence-electron chi connectivity index (χ2n) is 5.35. The van der Waals surface area contributed by atoms with Crippen molar-refractivity contribution in [3.63, 3.8) is 0 Å². The Bertz CT molecular complexity index is 676. The van der Waals surface area contributed by atoms with Gasteiger partial charge in [-0.05, 0) is 35.1 Å². The lowest BCUT2D eigenvalue weighted by Gasteiger charge is -2.13. The van der Waals surface area contributed by atoms with Gasteiger partial charge in [-0.25, -0.2) is 0 Å². The molecule has 0 bridgehead atoms. The normalized spacial score (nSPS) is 18.0. The quantitative estimate of drug-likeness (QED) is 0.936. The number of carbonyl (C=O) groups is 1. The SMILES string of the molecule is O=[C]C(c1ccccc1)c1ccc2c(c1)CCC2C(=O)O. The number of hydrogen-bond donors (Lipinski definition) is 1. The topological polar surface area (TPSA) is 54.4 Å². The van der Waals surface area contributed by atoms with Crippen LogP contribution in [0.25, 0.3) is 0 Å². The van der Waals surface area contributed by atoms with E-state index in [0.717, 1.165) is 28.7 Å². The monoisotopic (exact) mass is 279 g/mol. The zero-order chi connectivity index (χ0) is 14.8. The van der Waals surface area contributed by atoms with Crippen molar-refractivity contribution in [1.29, 1.82) is 0 Å². The smallest absolute Gasteiger partial charge is 0.310 e. The second-order valence-corrected chi connectivity index (χ2v) is 5.35. The molecule has 2 unspecified atom stereocenters. The lowest BCUT2D eigenvalue weighted by Crippen LogP contribution is -2.08. The van der Waals surface area contributed by atoms with Gasteiger partial charge in [0.25, 0.3) is 0 Å². The molecule has 0 saturated heterocycles. The maximum absolute atomic E-state index is 11.4. The van der Waals surface area contributed by atoms with E-state index >= 15 is 0 Å². The molecule has 0 spiro atoms. The molecular weight excluding hydrogens is 264 g/mol. The van der Waals surface area contributed by atoms with Gasteiger partial charge in [0.15, 0.2) is 0 Å². The standard InChI is InChI=1S/C18H15O3/c19-11-17(12-4-2-1-3-5-12)14-6-8-15-13(10-14)7-9-16(15)18(20)21/h1-6,8,10,16-17H,7,9H2,(H,20,21). The van der Waals surface area contributed by atoms with Crippen molar-refractivity contribution in [2.24, 2.45) is 0 Å². The Morgan fingerprint density at radius 2 is 1.90 bits per heavy atom. The van der Waals surface area contributed by atoms with E-state index < -0.39 is 17.8 Å². The van der Waals surface area contributed by atoms with Crippen LogP contribution in [0.1, 0.15) is 40.5 Å². The van der Waals surface area contributed by atoms with Crippen molar-refractivity contribution in [2.75, 3.05) is 0 Å². The molecule has 2 atom stereocenters. The van der Waals surface area contributed by atoms with Crippen LogP contribution < -0.4 is 0 Å². The molecule has 0 fully saturated rings. The van der Waals surface area contributed by atoms with Crippen LogP contribution in [0.15, 0.2) is 48.5 Å². The van der Waals surface area contributed by atoms with Crippen LogP contribution in [-0.2, 0) is 16.0 Å². The van der Waals surface area contributed by atoms with Crippen molar-refractivity contribution >= 4 is 12.3 Å². The minimum atomic E-state index is -0.775. The second kappa shape index (κ2) is 5.52. The van der Waals surface area contributed by atoms with Gasteiger partial charge in [-0.2, -0.15) is 0 Å². The lowest BCUT2D eigenvalue weighted by atomic mass is 9.90. The van der Waals surface area contributed by atoms with Crippen LogP contribution >= 0.6 is 0 Å². The third kappa shape index (κ3) is 2.47. The first-order valence-corrected chi connectivity index (χ1v) is 6.99. The Balaban J connectivity index is 1.97. The highest BCUT2D eigenvalue weighted by Gasteiger charge is 2.29. The Hall–Kier alpha value is -2.42. The number of benzene rings is 2. The van der Waals surface area contributed by atoms with Gasteiger partial charge in [0.1, 0.15) is 0 Å². The van der Waals surface area contributed by atoms with Crippen LogP contribution in [0.4, 0.5) is 0 Å². The summed E-state index contributed by atoms with van der Waals surface area (Å²) in [6, 6.07) is 15.2. The minimum absolute atomic E-state index is 0.413. The van der Waals surface area contributed by atoms with E-state index in [1.165, 1.54) is 0 Å². The van der Waals surface area contributed by atoms with Crippen molar-refractivity contribution in [3.8, 4) is 0 Å². The van der Waals surface area contributed by atoms with E-state index in [1.807, 2.05) is 48.5 Å². The Morgan fingerprint density at radius 1 is 1.14 bits per heavy atom. The zero-order valence-corrected chi connectivity index (χ0v) is 11.5. The molecule has 0 aromatic heterocycles. The average molecular weight is 279 g/mol. The summed E-state index contributed by atoms with van der Waals surface area (Å²) in [5.41, 5.74) is 3.70. The van der Waals surface area contributed by atoms with E-state index in [4.69, 9.17) is 0 Å². The van der Waals surface area contributed by atoms with Gasteiger partial charge in [-0.3, -0.25) is 9.59 Å². The number of carboxylic acid groups (broad SMARTS) is 1. The van der Waals surface area contributed by atoms with Crippen molar-refractivity contribution in [1.82, 2.24) is 0 Å². The summed E-state index contributed by atoms with van der Waals surface area (Å²) in [7, 11) is 0. The maximum atomic E-state index is 11.4. The molecule has 105 valence electrons. The number of carboxylic acids is 1. The first-order valence-electron chi connectivity index (χ1n) is 6.99. The Morgan fingerprint density at radius 3 is 2.57 bits per heavy atom. The van der Waals surface area contributed by atoms with Gasteiger partial charge < -0.3 is 5.11 Å². The molecule has 1 aliphatic carbocycles. The number of hydrogen-bond acceptors (Lipinski definition) is 2. The van der Waals surface area contributed by atoms with Gasteiger partial charge in [0.2, 0.25) is 6.29 Å². The minimum Gasteiger partial charge on any atom is -0.481 e. The van der Waals surface area contributed by atoms with E-state index in [2.05, 4.69) is 6.29 Å².